The largest absolute Gasteiger partial charge is 0.497 e. The monoisotopic (exact) mass is 379 g/mol. The number of benzene rings is 2. The lowest BCUT2D eigenvalue weighted by Gasteiger charge is -2.26. The molecule has 0 fully saturated rings. The van der Waals surface area contributed by atoms with Gasteiger partial charge in [-0.15, -0.1) is 5.10 Å². The van der Waals surface area contributed by atoms with E-state index in [0.29, 0.717) is 24.1 Å². The third kappa shape index (κ3) is 4.68. The van der Waals surface area contributed by atoms with Crippen LogP contribution in [0, 0.1) is 0 Å². The van der Waals surface area contributed by atoms with Crippen LogP contribution >= 0.6 is 0 Å². The molecule has 1 N–H and O–H groups in total. The first-order chi connectivity index (χ1) is 13.6. The SMILES string of the molecule is COc1ccc(Nc2cnnc(N(Cc3ccccc3)C(C)C)n2)c(OC)c1. The van der Waals surface area contributed by atoms with Gasteiger partial charge in [-0.2, -0.15) is 10.1 Å². The third-order valence-electron chi connectivity index (χ3n) is 4.30. The first-order valence-electron chi connectivity index (χ1n) is 9.10. The van der Waals surface area contributed by atoms with Crippen molar-refractivity contribution < 1.29 is 9.47 Å². The van der Waals surface area contributed by atoms with Crippen LogP contribution in [0.3, 0.4) is 0 Å². The number of methoxy groups -OCH3 is 2. The second-order valence-corrected chi connectivity index (χ2v) is 6.54. The van der Waals surface area contributed by atoms with Crippen LogP contribution in [0.15, 0.2) is 54.7 Å². The van der Waals surface area contributed by atoms with Gasteiger partial charge in [-0.05, 0) is 31.5 Å². The Hall–Kier alpha value is -3.35. The Balaban J connectivity index is 1.84. The van der Waals surface area contributed by atoms with Crippen LogP contribution in [0.4, 0.5) is 17.5 Å². The van der Waals surface area contributed by atoms with Crippen molar-refractivity contribution in [2.75, 3.05) is 24.4 Å². The first kappa shape index (κ1) is 19.4. The fourth-order valence-corrected chi connectivity index (χ4v) is 2.78. The minimum atomic E-state index is 0.216. The Labute approximate surface area is 165 Å². The number of hydrogen-bond donors (Lipinski definition) is 1. The van der Waals surface area contributed by atoms with Gasteiger partial charge in [-0.1, -0.05) is 30.3 Å². The lowest BCUT2D eigenvalue weighted by atomic mass is 10.2. The molecule has 7 nitrogen and oxygen atoms in total. The summed E-state index contributed by atoms with van der Waals surface area (Å²) in [6.07, 6.45) is 1.59. The van der Waals surface area contributed by atoms with Crippen molar-refractivity contribution in [1.29, 1.82) is 0 Å². The van der Waals surface area contributed by atoms with Crippen molar-refractivity contribution >= 4 is 17.5 Å². The number of anilines is 3. The number of nitrogens with zero attached hydrogens (tertiary/aromatic N) is 4. The number of hydrogen-bond acceptors (Lipinski definition) is 7. The number of rotatable bonds is 8. The molecule has 0 saturated heterocycles. The predicted molar refractivity (Wildman–Crippen MR) is 110 cm³/mol. The molecule has 0 unspecified atom stereocenters. The van der Waals surface area contributed by atoms with Gasteiger partial charge in [-0.25, -0.2) is 0 Å². The summed E-state index contributed by atoms with van der Waals surface area (Å²) in [7, 11) is 3.24. The zero-order valence-corrected chi connectivity index (χ0v) is 16.6. The van der Waals surface area contributed by atoms with Crippen LogP contribution in [-0.4, -0.2) is 35.4 Å². The molecule has 3 aromatic rings. The van der Waals surface area contributed by atoms with Gasteiger partial charge in [0.1, 0.15) is 11.5 Å². The summed E-state index contributed by atoms with van der Waals surface area (Å²) in [6, 6.07) is 16.0. The van der Waals surface area contributed by atoms with Gasteiger partial charge in [-0.3, -0.25) is 0 Å². The van der Waals surface area contributed by atoms with E-state index >= 15 is 0 Å². The van der Waals surface area contributed by atoms with Gasteiger partial charge in [0.15, 0.2) is 5.82 Å². The molecule has 1 aromatic heterocycles. The lowest BCUT2D eigenvalue weighted by Crippen LogP contribution is -2.32. The number of aromatic nitrogens is 3. The average Bonchev–Trinajstić information content (AvgIpc) is 2.73. The molecule has 0 aliphatic heterocycles. The lowest BCUT2D eigenvalue weighted by molar-refractivity contribution is 0.395. The average molecular weight is 379 g/mol. The molecule has 146 valence electrons. The molecule has 0 bridgehead atoms. The Kier molecular flexibility index (Phi) is 6.26. The highest BCUT2D eigenvalue weighted by Crippen LogP contribution is 2.31. The molecular formula is C21H25N5O2. The fraction of sp³-hybridized carbons (Fsp3) is 0.286. The van der Waals surface area contributed by atoms with Crippen molar-refractivity contribution in [3.63, 3.8) is 0 Å². The predicted octanol–water partition coefficient (Wildman–Crippen LogP) is 4.05. The van der Waals surface area contributed by atoms with Crippen LogP contribution in [-0.2, 0) is 6.54 Å². The maximum absolute atomic E-state index is 5.44. The fourth-order valence-electron chi connectivity index (χ4n) is 2.78. The summed E-state index contributed by atoms with van der Waals surface area (Å²) in [5, 5.41) is 11.6. The topological polar surface area (TPSA) is 72.4 Å². The Morgan fingerprint density at radius 3 is 2.50 bits per heavy atom. The molecule has 0 atom stereocenters. The molecule has 0 aliphatic rings. The molecule has 0 aliphatic carbocycles. The van der Waals surface area contributed by atoms with Crippen LogP contribution in [0.5, 0.6) is 11.5 Å². The van der Waals surface area contributed by atoms with E-state index in [4.69, 9.17) is 9.47 Å². The summed E-state index contributed by atoms with van der Waals surface area (Å²) in [6.45, 7) is 4.92. The van der Waals surface area contributed by atoms with Crippen molar-refractivity contribution in [2.45, 2.75) is 26.4 Å². The molecule has 28 heavy (non-hydrogen) atoms. The molecule has 0 radical (unpaired) electrons. The van der Waals surface area contributed by atoms with Crippen molar-refractivity contribution in [3.05, 3.63) is 60.3 Å². The smallest absolute Gasteiger partial charge is 0.247 e. The molecule has 2 aromatic carbocycles. The van der Waals surface area contributed by atoms with Gasteiger partial charge < -0.3 is 19.7 Å². The Bertz CT molecular complexity index is 902. The molecule has 0 spiro atoms. The summed E-state index contributed by atoms with van der Waals surface area (Å²) >= 11 is 0. The highest BCUT2D eigenvalue weighted by molar-refractivity contribution is 5.65. The summed E-state index contributed by atoms with van der Waals surface area (Å²) in [5.74, 6) is 2.53. The van der Waals surface area contributed by atoms with Gasteiger partial charge in [0, 0.05) is 18.7 Å². The molecule has 1 heterocycles. The van der Waals surface area contributed by atoms with E-state index in [1.807, 2.05) is 36.4 Å². The van der Waals surface area contributed by atoms with E-state index in [0.717, 1.165) is 11.4 Å². The minimum absolute atomic E-state index is 0.216. The van der Waals surface area contributed by atoms with Crippen molar-refractivity contribution in [2.24, 2.45) is 0 Å². The molecule has 3 rings (SSSR count). The Morgan fingerprint density at radius 1 is 1.04 bits per heavy atom. The maximum atomic E-state index is 5.44. The number of ether oxygens (including phenoxy) is 2. The van der Waals surface area contributed by atoms with E-state index < -0.39 is 0 Å². The zero-order chi connectivity index (χ0) is 19.9. The van der Waals surface area contributed by atoms with E-state index in [1.54, 1.807) is 20.4 Å². The Morgan fingerprint density at radius 2 is 1.82 bits per heavy atom. The van der Waals surface area contributed by atoms with E-state index in [1.165, 1.54) is 5.56 Å². The van der Waals surface area contributed by atoms with Gasteiger partial charge in [0.05, 0.1) is 26.1 Å². The quantitative estimate of drug-likeness (QED) is 0.633. The summed E-state index contributed by atoms with van der Waals surface area (Å²) < 4.78 is 10.7. The van der Waals surface area contributed by atoms with Crippen LogP contribution < -0.4 is 19.7 Å². The maximum Gasteiger partial charge on any atom is 0.247 e. The molecule has 0 saturated carbocycles. The van der Waals surface area contributed by atoms with Crippen LogP contribution in [0.25, 0.3) is 0 Å². The van der Waals surface area contributed by atoms with Gasteiger partial charge in [0.2, 0.25) is 5.95 Å². The summed E-state index contributed by atoms with van der Waals surface area (Å²) in [4.78, 5) is 6.77. The van der Waals surface area contributed by atoms with Gasteiger partial charge in [0.25, 0.3) is 0 Å². The summed E-state index contributed by atoms with van der Waals surface area (Å²) in [5.41, 5.74) is 1.96. The first-order valence-corrected chi connectivity index (χ1v) is 9.10. The normalized spacial score (nSPS) is 10.6. The standard InChI is InChI=1S/C21H25N5O2/c1-15(2)26(14-16-8-6-5-7-9-16)21-24-20(13-22-25-21)23-18-11-10-17(27-3)12-19(18)28-4/h5-13,15H,14H2,1-4H3,(H,23,24,25). The second-order valence-electron chi connectivity index (χ2n) is 6.54. The minimum Gasteiger partial charge on any atom is -0.497 e. The zero-order valence-electron chi connectivity index (χ0n) is 16.6. The van der Waals surface area contributed by atoms with Crippen molar-refractivity contribution in [3.8, 4) is 11.5 Å². The second kappa shape index (κ2) is 9.03. The number of nitrogens with one attached hydrogen (secondary N) is 1. The highest BCUT2D eigenvalue weighted by Gasteiger charge is 2.16. The van der Waals surface area contributed by atoms with Gasteiger partial charge >= 0.3 is 0 Å². The van der Waals surface area contributed by atoms with Crippen LogP contribution in [0.1, 0.15) is 19.4 Å². The van der Waals surface area contributed by atoms with Crippen LogP contribution in [0.2, 0.25) is 0 Å². The molecule has 0 amide bonds. The van der Waals surface area contributed by atoms with E-state index in [-0.39, 0.29) is 6.04 Å². The van der Waals surface area contributed by atoms with Crippen molar-refractivity contribution in [1.82, 2.24) is 15.2 Å². The third-order valence-corrected chi connectivity index (χ3v) is 4.30. The highest BCUT2D eigenvalue weighted by atomic mass is 16.5. The van der Waals surface area contributed by atoms with E-state index in [9.17, 15) is 0 Å². The van der Waals surface area contributed by atoms with E-state index in [2.05, 4.69) is 51.4 Å². The molecule has 7 heteroatoms. The molecular weight excluding hydrogens is 354 g/mol.